The molecule has 1 N–H and O–H groups in total. The summed E-state index contributed by atoms with van der Waals surface area (Å²) in [6.07, 6.45) is 1.29. The zero-order valence-corrected chi connectivity index (χ0v) is 17.7. The molecule has 0 aliphatic heterocycles. The van der Waals surface area contributed by atoms with E-state index in [1.54, 1.807) is 19.1 Å². The molecule has 0 aromatic heterocycles. The molecule has 2 rings (SSSR count). The minimum Gasteiger partial charge on any atom is -0.355 e. The zero-order chi connectivity index (χ0) is 21.4. The third-order valence-corrected chi connectivity index (χ3v) is 5.25. The van der Waals surface area contributed by atoms with Crippen molar-refractivity contribution < 1.29 is 14.0 Å². The summed E-state index contributed by atoms with van der Waals surface area (Å²) in [6, 6.07) is 14.8. The van der Waals surface area contributed by atoms with Crippen molar-refractivity contribution >= 4 is 11.7 Å². The summed E-state index contributed by atoms with van der Waals surface area (Å²) in [5.41, 5.74) is 2.09. The van der Waals surface area contributed by atoms with E-state index in [9.17, 15) is 14.0 Å². The van der Waals surface area contributed by atoms with Gasteiger partial charge in [0, 0.05) is 25.4 Å². The van der Waals surface area contributed by atoms with Gasteiger partial charge >= 0.3 is 0 Å². The highest BCUT2D eigenvalue weighted by atomic mass is 19.1. The number of halogens is 1. The molecule has 0 unspecified atom stereocenters. The molecule has 0 saturated carbocycles. The topological polar surface area (TPSA) is 49.4 Å². The summed E-state index contributed by atoms with van der Waals surface area (Å²) >= 11 is 0. The van der Waals surface area contributed by atoms with Crippen LogP contribution in [0.5, 0.6) is 0 Å². The molecule has 5 heteroatoms. The molecule has 0 saturated heterocycles. The van der Waals surface area contributed by atoms with Gasteiger partial charge in [-0.15, -0.1) is 0 Å². The lowest BCUT2D eigenvalue weighted by molar-refractivity contribution is -0.121. The van der Waals surface area contributed by atoms with E-state index in [0.29, 0.717) is 19.4 Å². The zero-order valence-electron chi connectivity index (χ0n) is 17.7. The predicted molar refractivity (Wildman–Crippen MR) is 115 cm³/mol. The van der Waals surface area contributed by atoms with Gasteiger partial charge in [-0.05, 0) is 49.7 Å². The number of Topliss-reactive ketones (excluding diaryl/α,β-unsaturated/α-hetero) is 1. The van der Waals surface area contributed by atoms with E-state index in [1.165, 1.54) is 6.07 Å². The molecular formula is C24H31FN2O2. The Labute approximate surface area is 173 Å². The van der Waals surface area contributed by atoms with Crippen LogP contribution < -0.4 is 5.32 Å². The fourth-order valence-electron chi connectivity index (χ4n) is 3.29. The number of amides is 1. The number of carbonyl (C=O) groups is 2. The van der Waals surface area contributed by atoms with Crippen LogP contribution >= 0.6 is 0 Å². The maximum absolute atomic E-state index is 14.3. The first-order valence-corrected chi connectivity index (χ1v) is 10.1. The monoisotopic (exact) mass is 398 g/mol. The predicted octanol–water partition coefficient (Wildman–Crippen LogP) is 4.20. The van der Waals surface area contributed by atoms with Gasteiger partial charge in [0.1, 0.15) is 5.82 Å². The van der Waals surface area contributed by atoms with Crippen LogP contribution in [-0.4, -0.2) is 43.3 Å². The second-order valence-electron chi connectivity index (χ2n) is 7.73. The van der Waals surface area contributed by atoms with Gasteiger partial charge in [-0.1, -0.05) is 50.2 Å². The van der Waals surface area contributed by atoms with Gasteiger partial charge in [0.05, 0.1) is 5.56 Å². The number of benzene rings is 2. The lowest BCUT2D eigenvalue weighted by atomic mass is 9.97. The third-order valence-electron chi connectivity index (χ3n) is 5.25. The largest absolute Gasteiger partial charge is 0.355 e. The van der Waals surface area contributed by atoms with E-state index >= 15 is 0 Å². The fraction of sp³-hybridized carbons (Fsp3) is 0.417. The first-order chi connectivity index (χ1) is 13.8. The molecule has 0 aliphatic carbocycles. The quantitative estimate of drug-likeness (QED) is 0.610. The molecule has 29 heavy (non-hydrogen) atoms. The summed E-state index contributed by atoms with van der Waals surface area (Å²) in [7, 11) is 3.88. The van der Waals surface area contributed by atoms with Crippen molar-refractivity contribution in [2.75, 3.05) is 20.6 Å². The third kappa shape index (κ3) is 6.79. The van der Waals surface area contributed by atoms with Gasteiger partial charge in [0.2, 0.25) is 5.91 Å². The van der Waals surface area contributed by atoms with Gasteiger partial charge in [0.15, 0.2) is 5.78 Å². The molecule has 0 radical (unpaired) electrons. The van der Waals surface area contributed by atoms with Crippen molar-refractivity contribution in [3.8, 4) is 0 Å². The standard InChI is InChI=1S/C24H31FN2O2/c1-5-23(28)21-12-11-18(15-22(21)25)14-20(27(3)4)16-26-24(29)13-17(2)19-9-7-6-8-10-19/h6-12,15,17,20H,5,13-14,16H2,1-4H3,(H,26,29)/t17-,20-/m0/s1. The van der Waals surface area contributed by atoms with E-state index in [0.717, 1.165) is 11.1 Å². The minimum atomic E-state index is -0.479. The molecule has 156 valence electrons. The number of hydrogen-bond acceptors (Lipinski definition) is 3. The Morgan fingerprint density at radius 3 is 2.38 bits per heavy atom. The van der Waals surface area contributed by atoms with Gasteiger partial charge in [-0.25, -0.2) is 4.39 Å². The van der Waals surface area contributed by atoms with Crippen LogP contribution in [0.15, 0.2) is 48.5 Å². The molecule has 0 fully saturated rings. The van der Waals surface area contributed by atoms with Crippen molar-refractivity contribution in [3.05, 3.63) is 71.0 Å². The average molecular weight is 399 g/mol. The minimum absolute atomic E-state index is 0.00303. The first-order valence-electron chi connectivity index (χ1n) is 10.1. The summed E-state index contributed by atoms with van der Waals surface area (Å²) in [4.78, 5) is 26.2. The molecule has 2 aromatic rings. The number of likely N-dealkylation sites (N-methyl/N-ethyl adjacent to an activating group) is 1. The summed E-state index contributed by atoms with van der Waals surface area (Å²) < 4.78 is 14.3. The van der Waals surface area contributed by atoms with E-state index in [4.69, 9.17) is 0 Å². The van der Waals surface area contributed by atoms with Crippen LogP contribution in [0, 0.1) is 5.82 Å². The Kier molecular flexibility index (Phi) is 8.52. The number of carbonyl (C=O) groups excluding carboxylic acids is 2. The highest BCUT2D eigenvalue weighted by molar-refractivity contribution is 5.96. The Balaban J connectivity index is 1.94. The SMILES string of the molecule is CCC(=O)c1ccc(C[C@@H](CNC(=O)C[C@H](C)c2ccccc2)N(C)C)cc1F. The van der Waals surface area contributed by atoms with Gasteiger partial charge in [0.25, 0.3) is 0 Å². The number of nitrogens with zero attached hydrogens (tertiary/aromatic N) is 1. The average Bonchev–Trinajstić information content (AvgIpc) is 2.71. The second-order valence-corrected chi connectivity index (χ2v) is 7.73. The molecule has 0 aliphatic rings. The molecule has 2 atom stereocenters. The number of ketones is 1. The van der Waals surface area contributed by atoms with Crippen molar-refractivity contribution in [2.24, 2.45) is 0 Å². The van der Waals surface area contributed by atoms with Crippen molar-refractivity contribution in [2.45, 2.75) is 45.1 Å². The van der Waals surface area contributed by atoms with E-state index in [2.05, 4.69) is 5.32 Å². The maximum Gasteiger partial charge on any atom is 0.220 e. The molecule has 1 amide bonds. The summed E-state index contributed by atoms with van der Waals surface area (Å²) in [6.45, 7) is 4.24. The molecule has 2 aromatic carbocycles. The number of hydrogen-bond donors (Lipinski definition) is 1. The summed E-state index contributed by atoms with van der Waals surface area (Å²) in [5, 5.41) is 3.01. The van der Waals surface area contributed by atoms with Crippen LogP contribution in [0.1, 0.15) is 54.1 Å². The van der Waals surface area contributed by atoms with Crippen molar-refractivity contribution in [1.29, 1.82) is 0 Å². The van der Waals surface area contributed by atoms with Crippen LogP contribution in [-0.2, 0) is 11.2 Å². The Morgan fingerprint density at radius 1 is 1.10 bits per heavy atom. The highest BCUT2D eigenvalue weighted by Crippen LogP contribution is 2.18. The summed E-state index contributed by atoms with van der Waals surface area (Å²) in [5.74, 6) is -0.527. The van der Waals surface area contributed by atoms with E-state index in [-0.39, 0.29) is 35.6 Å². The molecule has 0 heterocycles. The molecular weight excluding hydrogens is 367 g/mol. The van der Waals surface area contributed by atoms with E-state index in [1.807, 2.05) is 56.3 Å². The maximum atomic E-state index is 14.3. The lowest BCUT2D eigenvalue weighted by Gasteiger charge is -2.25. The van der Waals surface area contributed by atoms with Crippen LogP contribution in [0.25, 0.3) is 0 Å². The Hall–Kier alpha value is -2.53. The fourth-order valence-corrected chi connectivity index (χ4v) is 3.29. The molecule has 0 spiro atoms. The van der Waals surface area contributed by atoms with Gasteiger partial charge < -0.3 is 10.2 Å². The number of nitrogens with one attached hydrogen (secondary N) is 1. The van der Waals surface area contributed by atoms with Crippen molar-refractivity contribution in [3.63, 3.8) is 0 Å². The lowest BCUT2D eigenvalue weighted by Crippen LogP contribution is -2.41. The van der Waals surface area contributed by atoms with E-state index < -0.39 is 5.82 Å². The van der Waals surface area contributed by atoms with Crippen LogP contribution in [0.2, 0.25) is 0 Å². The van der Waals surface area contributed by atoms with Crippen molar-refractivity contribution in [1.82, 2.24) is 10.2 Å². The van der Waals surface area contributed by atoms with Gasteiger partial charge in [-0.2, -0.15) is 0 Å². The van der Waals surface area contributed by atoms with Gasteiger partial charge in [-0.3, -0.25) is 9.59 Å². The Bertz CT molecular complexity index is 821. The molecule has 4 nitrogen and oxygen atoms in total. The normalized spacial score (nSPS) is 13.2. The molecule has 0 bridgehead atoms. The second kappa shape index (κ2) is 10.9. The first kappa shape index (κ1) is 22.8. The highest BCUT2D eigenvalue weighted by Gasteiger charge is 2.17. The van der Waals surface area contributed by atoms with Crippen LogP contribution in [0.3, 0.4) is 0 Å². The smallest absolute Gasteiger partial charge is 0.220 e. The number of rotatable bonds is 10. The Morgan fingerprint density at radius 2 is 1.79 bits per heavy atom. The van der Waals surface area contributed by atoms with Crippen LogP contribution in [0.4, 0.5) is 4.39 Å².